The van der Waals surface area contributed by atoms with Gasteiger partial charge in [0.2, 0.25) is 0 Å². The lowest BCUT2D eigenvalue weighted by molar-refractivity contribution is 0.373. The predicted molar refractivity (Wildman–Crippen MR) is 49.3 cm³/mol. The highest BCUT2D eigenvalue weighted by atomic mass is 15.4. The van der Waals surface area contributed by atoms with E-state index in [1.54, 1.807) is 6.20 Å². The molecule has 0 saturated carbocycles. The number of rotatable bonds is 3. The first-order chi connectivity index (χ1) is 6.45. The minimum atomic E-state index is 0.581. The van der Waals surface area contributed by atoms with Crippen molar-refractivity contribution in [3.63, 3.8) is 0 Å². The fraction of sp³-hybridized carbons (Fsp3) is 0.750. The molecule has 0 spiro atoms. The van der Waals surface area contributed by atoms with Crippen LogP contribution in [0.15, 0.2) is 12.4 Å². The molecule has 1 atom stereocenters. The van der Waals surface area contributed by atoms with Crippen LogP contribution in [0.1, 0.15) is 6.42 Å². The van der Waals surface area contributed by atoms with Gasteiger partial charge in [-0.3, -0.25) is 4.68 Å². The molecule has 1 fully saturated rings. The highest BCUT2D eigenvalue weighted by Gasteiger charge is 2.11. The van der Waals surface area contributed by atoms with Crippen LogP contribution in [-0.4, -0.2) is 40.7 Å². The maximum Gasteiger partial charge on any atom is 0.0692 e. The standard InChI is InChI=1S/C8H15N5/c1(5-13-6-4-11-12-13)8-7-9-2-3-10-8/h4,6,8-10H,1-3,5,7H2. The highest BCUT2D eigenvalue weighted by Crippen LogP contribution is 1.96. The van der Waals surface area contributed by atoms with Crippen molar-refractivity contribution < 1.29 is 0 Å². The van der Waals surface area contributed by atoms with Gasteiger partial charge < -0.3 is 10.6 Å². The van der Waals surface area contributed by atoms with Gasteiger partial charge in [0.25, 0.3) is 0 Å². The van der Waals surface area contributed by atoms with Gasteiger partial charge in [-0.2, -0.15) is 0 Å². The Morgan fingerprint density at radius 2 is 2.46 bits per heavy atom. The number of hydrogen-bond acceptors (Lipinski definition) is 4. The average Bonchev–Trinajstić information content (AvgIpc) is 2.69. The second kappa shape index (κ2) is 4.34. The van der Waals surface area contributed by atoms with Crippen LogP contribution in [-0.2, 0) is 6.54 Å². The molecule has 1 aromatic heterocycles. The average molecular weight is 181 g/mol. The molecule has 1 aliphatic rings. The molecule has 2 heterocycles. The Hall–Kier alpha value is -0.940. The van der Waals surface area contributed by atoms with Crippen LogP contribution >= 0.6 is 0 Å². The monoisotopic (exact) mass is 181 g/mol. The van der Waals surface area contributed by atoms with Crippen molar-refractivity contribution in [1.82, 2.24) is 25.6 Å². The van der Waals surface area contributed by atoms with Crippen LogP contribution < -0.4 is 10.6 Å². The molecule has 0 aromatic carbocycles. The lowest BCUT2D eigenvalue weighted by Crippen LogP contribution is -2.48. The van der Waals surface area contributed by atoms with Gasteiger partial charge in [-0.05, 0) is 6.42 Å². The first kappa shape index (κ1) is 8.65. The zero-order chi connectivity index (χ0) is 8.93. The molecule has 1 saturated heterocycles. The Balaban J connectivity index is 1.72. The zero-order valence-electron chi connectivity index (χ0n) is 7.61. The van der Waals surface area contributed by atoms with E-state index in [1.807, 2.05) is 10.9 Å². The van der Waals surface area contributed by atoms with E-state index < -0.39 is 0 Å². The molecule has 72 valence electrons. The van der Waals surface area contributed by atoms with Crippen LogP contribution in [0.25, 0.3) is 0 Å². The third kappa shape index (κ3) is 2.50. The summed E-state index contributed by atoms with van der Waals surface area (Å²) in [6, 6.07) is 0.581. The summed E-state index contributed by atoms with van der Waals surface area (Å²) in [5.41, 5.74) is 0. The molecule has 5 nitrogen and oxygen atoms in total. The Labute approximate surface area is 77.5 Å². The predicted octanol–water partition coefficient (Wildman–Crippen LogP) is -0.770. The summed E-state index contributed by atoms with van der Waals surface area (Å²) in [6.45, 7) is 4.16. The summed E-state index contributed by atoms with van der Waals surface area (Å²) in [7, 11) is 0. The first-order valence-corrected chi connectivity index (χ1v) is 4.73. The molecular weight excluding hydrogens is 166 g/mol. The van der Waals surface area contributed by atoms with E-state index in [1.165, 1.54) is 0 Å². The molecular formula is C8H15N5. The van der Waals surface area contributed by atoms with Crippen molar-refractivity contribution in [3.05, 3.63) is 12.4 Å². The maximum absolute atomic E-state index is 3.92. The van der Waals surface area contributed by atoms with Crippen LogP contribution in [0.3, 0.4) is 0 Å². The van der Waals surface area contributed by atoms with Crippen molar-refractivity contribution in [3.8, 4) is 0 Å². The van der Waals surface area contributed by atoms with Crippen LogP contribution in [0.4, 0.5) is 0 Å². The summed E-state index contributed by atoms with van der Waals surface area (Å²) >= 11 is 0. The molecule has 13 heavy (non-hydrogen) atoms. The fourth-order valence-corrected chi connectivity index (χ4v) is 1.56. The van der Waals surface area contributed by atoms with E-state index >= 15 is 0 Å². The van der Waals surface area contributed by atoms with Gasteiger partial charge in [0.15, 0.2) is 0 Å². The minimum Gasteiger partial charge on any atom is -0.314 e. The number of hydrogen-bond donors (Lipinski definition) is 2. The lowest BCUT2D eigenvalue weighted by Gasteiger charge is -2.24. The Bertz CT molecular complexity index is 227. The Kier molecular flexibility index (Phi) is 2.89. The lowest BCUT2D eigenvalue weighted by atomic mass is 10.2. The second-order valence-electron chi connectivity index (χ2n) is 3.31. The van der Waals surface area contributed by atoms with E-state index in [0.717, 1.165) is 32.6 Å². The van der Waals surface area contributed by atoms with E-state index in [9.17, 15) is 0 Å². The molecule has 2 N–H and O–H groups in total. The number of nitrogens with one attached hydrogen (secondary N) is 2. The zero-order valence-corrected chi connectivity index (χ0v) is 7.61. The van der Waals surface area contributed by atoms with Gasteiger partial charge in [0, 0.05) is 38.4 Å². The quantitative estimate of drug-likeness (QED) is 0.643. The summed E-state index contributed by atoms with van der Waals surface area (Å²) < 4.78 is 1.87. The van der Waals surface area contributed by atoms with Gasteiger partial charge in [-0.25, -0.2) is 0 Å². The SMILES string of the molecule is c1cn(CCC2CNCCN2)nn1. The molecule has 1 unspecified atom stereocenters. The largest absolute Gasteiger partial charge is 0.314 e. The van der Waals surface area contributed by atoms with Crippen molar-refractivity contribution in [2.45, 2.75) is 19.0 Å². The summed E-state index contributed by atoms with van der Waals surface area (Å²) in [5.74, 6) is 0. The molecule has 1 aromatic rings. The van der Waals surface area contributed by atoms with E-state index in [4.69, 9.17) is 0 Å². The molecule has 5 heteroatoms. The fourth-order valence-electron chi connectivity index (χ4n) is 1.56. The minimum absolute atomic E-state index is 0.581. The third-order valence-corrected chi connectivity index (χ3v) is 2.30. The van der Waals surface area contributed by atoms with Crippen molar-refractivity contribution in [2.24, 2.45) is 0 Å². The van der Waals surface area contributed by atoms with Crippen LogP contribution in [0, 0.1) is 0 Å². The Morgan fingerprint density at radius 3 is 3.15 bits per heavy atom. The summed E-state index contributed by atoms with van der Waals surface area (Å²) in [4.78, 5) is 0. The van der Waals surface area contributed by atoms with Gasteiger partial charge in [0.05, 0.1) is 6.20 Å². The summed E-state index contributed by atoms with van der Waals surface area (Å²) in [6.07, 6.45) is 4.72. The molecule has 0 amide bonds. The summed E-state index contributed by atoms with van der Waals surface area (Å²) in [5, 5.41) is 14.5. The molecule has 2 rings (SSSR count). The number of aromatic nitrogens is 3. The second-order valence-corrected chi connectivity index (χ2v) is 3.31. The molecule has 0 aliphatic carbocycles. The molecule has 1 aliphatic heterocycles. The van der Waals surface area contributed by atoms with E-state index in [2.05, 4.69) is 20.9 Å². The van der Waals surface area contributed by atoms with E-state index in [-0.39, 0.29) is 0 Å². The smallest absolute Gasteiger partial charge is 0.0692 e. The van der Waals surface area contributed by atoms with Gasteiger partial charge in [-0.1, -0.05) is 5.21 Å². The van der Waals surface area contributed by atoms with Gasteiger partial charge >= 0.3 is 0 Å². The van der Waals surface area contributed by atoms with Crippen LogP contribution in [0.5, 0.6) is 0 Å². The van der Waals surface area contributed by atoms with Crippen LogP contribution in [0.2, 0.25) is 0 Å². The number of piperazine rings is 1. The van der Waals surface area contributed by atoms with E-state index in [0.29, 0.717) is 6.04 Å². The van der Waals surface area contributed by atoms with Gasteiger partial charge in [-0.15, -0.1) is 5.10 Å². The third-order valence-electron chi connectivity index (χ3n) is 2.30. The van der Waals surface area contributed by atoms with Crippen molar-refractivity contribution in [1.29, 1.82) is 0 Å². The highest BCUT2D eigenvalue weighted by molar-refractivity contribution is 4.75. The number of aryl methyl sites for hydroxylation is 1. The maximum atomic E-state index is 3.92. The van der Waals surface area contributed by atoms with Gasteiger partial charge in [0.1, 0.15) is 0 Å². The normalized spacial score (nSPS) is 23.2. The number of nitrogens with zero attached hydrogens (tertiary/aromatic N) is 3. The first-order valence-electron chi connectivity index (χ1n) is 4.73. The molecule has 0 bridgehead atoms. The van der Waals surface area contributed by atoms with Crippen molar-refractivity contribution in [2.75, 3.05) is 19.6 Å². The Morgan fingerprint density at radius 1 is 1.46 bits per heavy atom. The van der Waals surface area contributed by atoms with Crippen molar-refractivity contribution >= 4 is 0 Å². The topological polar surface area (TPSA) is 54.8 Å². The molecule has 0 radical (unpaired) electrons.